The molecule has 0 saturated carbocycles. The van der Waals surface area contributed by atoms with Gasteiger partial charge in [0.05, 0.1) is 44.3 Å². The van der Waals surface area contributed by atoms with Crippen molar-refractivity contribution in [1.29, 1.82) is 0 Å². The van der Waals surface area contributed by atoms with E-state index in [4.69, 9.17) is 18.9 Å². The predicted octanol–water partition coefficient (Wildman–Crippen LogP) is 4.46. The molecule has 2 aliphatic rings. The van der Waals surface area contributed by atoms with Crippen LogP contribution in [0.4, 0.5) is 10.5 Å². The highest BCUT2D eigenvalue weighted by Crippen LogP contribution is 2.42. The standard InChI is InChI=1S/C33H40N4O7/c1-21(36(5)31(40)44-32(2,3)4)29(38)35-28-30(39)37(20-23-22-11-7-8-12-24(22)34-19-27(23)41-6)25-13-9-10-14-26(25)43-33(28)15-17-42-18-16-33/h7-14,19,21,28H,15-18,20H2,1-6H3,(H,35,38)/t21-,28+/m0/s1. The van der Waals surface area contributed by atoms with Crippen molar-refractivity contribution in [2.24, 2.45) is 0 Å². The highest BCUT2D eigenvalue weighted by Gasteiger charge is 2.52. The molecule has 0 unspecified atom stereocenters. The van der Waals surface area contributed by atoms with E-state index in [9.17, 15) is 14.4 Å². The fourth-order valence-electron chi connectivity index (χ4n) is 5.62. The first-order valence-corrected chi connectivity index (χ1v) is 14.8. The van der Waals surface area contributed by atoms with Crippen LogP contribution in [0, 0.1) is 0 Å². The number of nitrogens with zero attached hydrogens (tertiary/aromatic N) is 3. The van der Waals surface area contributed by atoms with Crippen molar-refractivity contribution >= 4 is 34.5 Å². The van der Waals surface area contributed by atoms with Gasteiger partial charge in [-0.05, 0) is 45.9 Å². The molecule has 2 atom stereocenters. The van der Waals surface area contributed by atoms with Gasteiger partial charge in [0.25, 0.3) is 5.91 Å². The van der Waals surface area contributed by atoms with Crippen molar-refractivity contribution in [1.82, 2.24) is 15.2 Å². The first kappa shape index (κ1) is 31.1. The minimum Gasteiger partial charge on any atom is -0.495 e. The van der Waals surface area contributed by atoms with Gasteiger partial charge >= 0.3 is 6.09 Å². The second-order valence-electron chi connectivity index (χ2n) is 12.2. The number of ether oxygens (including phenoxy) is 4. The summed E-state index contributed by atoms with van der Waals surface area (Å²) in [6.45, 7) is 7.72. The van der Waals surface area contributed by atoms with Crippen molar-refractivity contribution in [3.05, 3.63) is 60.3 Å². The summed E-state index contributed by atoms with van der Waals surface area (Å²) in [5, 5.41) is 3.82. The summed E-state index contributed by atoms with van der Waals surface area (Å²) in [4.78, 5) is 48.7. The number of nitrogens with one attached hydrogen (secondary N) is 1. The van der Waals surface area contributed by atoms with Gasteiger partial charge in [-0.2, -0.15) is 0 Å². The van der Waals surface area contributed by atoms with E-state index in [-0.39, 0.29) is 12.5 Å². The van der Waals surface area contributed by atoms with Crippen LogP contribution in [0.2, 0.25) is 0 Å². The van der Waals surface area contributed by atoms with Crippen LogP contribution in [0.25, 0.3) is 10.9 Å². The Bertz CT molecular complexity index is 1550. The fraction of sp³-hybridized carbons (Fsp3) is 0.455. The first-order chi connectivity index (χ1) is 20.9. The number of carbonyl (C=O) groups is 3. The maximum atomic E-state index is 14.8. The van der Waals surface area contributed by atoms with Crippen LogP contribution in [-0.2, 0) is 25.6 Å². The van der Waals surface area contributed by atoms with Gasteiger partial charge < -0.3 is 29.2 Å². The molecule has 0 radical (unpaired) electrons. The lowest BCUT2D eigenvalue weighted by molar-refractivity contribution is -0.139. The summed E-state index contributed by atoms with van der Waals surface area (Å²) < 4.78 is 23.6. The number of likely N-dealkylation sites (N-methyl/N-ethyl adjacent to an activating group) is 1. The third kappa shape index (κ3) is 6.14. The Morgan fingerprint density at radius 1 is 1.14 bits per heavy atom. The molecule has 5 rings (SSSR count). The van der Waals surface area contributed by atoms with Crippen LogP contribution in [0.1, 0.15) is 46.1 Å². The Morgan fingerprint density at radius 2 is 1.82 bits per heavy atom. The molecule has 234 valence electrons. The third-order valence-electron chi connectivity index (χ3n) is 8.16. The van der Waals surface area contributed by atoms with Crippen LogP contribution in [0.15, 0.2) is 54.7 Å². The molecule has 2 aliphatic heterocycles. The van der Waals surface area contributed by atoms with Crippen LogP contribution >= 0.6 is 0 Å². The van der Waals surface area contributed by atoms with E-state index >= 15 is 0 Å². The number of amides is 3. The second kappa shape index (κ2) is 12.3. The minimum absolute atomic E-state index is 0.137. The monoisotopic (exact) mass is 604 g/mol. The Morgan fingerprint density at radius 3 is 2.52 bits per heavy atom. The molecule has 1 fully saturated rings. The highest BCUT2D eigenvalue weighted by molar-refractivity contribution is 6.03. The van der Waals surface area contributed by atoms with Gasteiger partial charge in [-0.25, -0.2) is 4.79 Å². The summed E-state index contributed by atoms with van der Waals surface area (Å²) in [7, 11) is 3.07. The smallest absolute Gasteiger partial charge is 0.410 e. The molecular formula is C33H40N4O7. The molecule has 3 amide bonds. The maximum Gasteiger partial charge on any atom is 0.410 e. The molecule has 1 aromatic heterocycles. The Hall–Kier alpha value is -4.38. The summed E-state index contributed by atoms with van der Waals surface area (Å²) in [6.07, 6.45) is 1.76. The number of benzene rings is 2. The molecule has 11 nitrogen and oxygen atoms in total. The maximum absolute atomic E-state index is 14.8. The number of aromatic nitrogens is 1. The van der Waals surface area contributed by atoms with E-state index in [1.54, 1.807) is 45.9 Å². The van der Waals surface area contributed by atoms with Gasteiger partial charge in [0, 0.05) is 30.8 Å². The van der Waals surface area contributed by atoms with Gasteiger partial charge in [-0.3, -0.25) is 19.5 Å². The number of hydrogen-bond acceptors (Lipinski definition) is 8. The first-order valence-electron chi connectivity index (χ1n) is 14.8. The molecule has 2 aromatic carbocycles. The van der Waals surface area contributed by atoms with E-state index in [1.165, 1.54) is 11.9 Å². The molecule has 44 heavy (non-hydrogen) atoms. The van der Waals surface area contributed by atoms with E-state index in [1.807, 2.05) is 48.5 Å². The molecular weight excluding hydrogens is 564 g/mol. The molecule has 0 aliphatic carbocycles. The Labute approximate surface area is 257 Å². The Balaban J connectivity index is 1.55. The molecule has 1 N–H and O–H groups in total. The number of pyridine rings is 1. The predicted molar refractivity (Wildman–Crippen MR) is 165 cm³/mol. The van der Waals surface area contributed by atoms with E-state index in [0.29, 0.717) is 43.2 Å². The highest BCUT2D eigenvalue weighted by atomic mass is 16.6. The fourth-order valence-corrected chi connectivity index (χ4v) is 5.62. The quantitative estimate of drug-likeness (QED) is 0.438. The topological polar surface area (TPSA) is 120 Å². The lowest BCUT2D eigenvalue weighted by atomic mass is 9.84. The zero-order valence-electron chi connectivity index (χ0n) is 26.1. The second-order valence-corrected chi connectivity index (χ2v) is 12.2. The number of methoxy groups -OCH3 is 1. The van der Waals surface area contributed by atoms with Crippen molar-refractivity contribution in [2.45, 2.75) is 70.4 Å². The largest absolute Gasteiger partial charge is 0.495 e. The van der Waals surface area contributed by atoms with Gasteiger partial charge in [0.1, 0.15) is 34.8 Å². The lowest BCUT2D eigenvalue weighted by Crippen LogP contribution is -2.65. The van der Waals surface area contributed by atoms with E-state index in [2.05, 4.69) is 10.3 Å². The number of rotatable bonds is 6. The van der Waals surface area contributed by atoms with Gasteiger partial charge in [-0.1, -0.05) is 30.3 Å². The van der Waals surface area contributed by atoms with Crippen molar-refractivity contribution in [3.63, 3.8) is 0 Å². The van der Waals surface area contributed by atoms with Gasteiger partial charge in [0.15, 0.2) is 0 Å². The van der Waals surface area contributed by atoms with Crippen molar-refractivity contribution < 1.29 is 33.3 Å². The molecule has 1 spiro atoms. The van der Waals surface area contributed by atoms with Crippen LogP contribution in [0.3, 0.4) is 0 Å². The number of carbonyl (C=O) groups excluding carboxylic acids is 3. The molecule has 0 bridgehead atoms. The number of anilines is 1. The molecule has 1 saturated heterocycles. The molecule has 3 heterocycles. The average Bonchev–Trinajstić information content (AvgIpc) is 3.09. The minimum atomic E-state index is -1.08. The average molecular weight is 605 g/mol. The number of fused-ring (bicyclic) bond motifs is 2. The van der Waals surface area contributed by atoms with Gasteiger partial charge in [0.2, 0.25) is 5.91 Å². The van der Waals surface area contributed by atoms with Crippen LogP contribution < -0.4 is 19.7 Å². The van der Waals surface area contributed by atoms with Crippen LogP contribution in [-0.4, -0.2) is 78.4 Å². The third-order valence-corrected chi connectivity index (χ3v) is 8.16. The lowest BCUT2D eigenvalue weighted by Gasteiger charge is -2.42. The van der Waals surface area contributed by atoms with Crippen LogP contribution in [0.5, 0.6) is 11.5 Å². The zero-order valence-corrected chi connectivity index (χ0v) is 26.1. The summed E-state index contributed by atoms with van der Waals surface area (Å²) in [5.74, 6) is 0.202. The summed E-state index contributed by atoms with van der Waals surface area (Å²) in [5.41, 5.74) is 0.294. The normalized spacial score (nSPS) is 18.5. The number of hydrogen-bond donors (Lipinski definition) is 1. The Kier molecular flexibility index (Phi) is 8.69. The van der Waals surface area contributed by atoms with Crippen molar-refractivity contribution in [2.75, 3.05) is 32.3 Å². The summed E-state index contributed by atoms with van der Waals surface area (Å²) >= 11 is 0. The van der Waals surface area contributed by atoms with E-state index < -0.39 is 35.3 Å². The summed E-state index contributed by atoms with van der Waals surface area (Å²) in [6, 6.07) is 13.0. The molecule has 3 aromatic rings. The number of para-hydroxylation sites is 3. The SMILES string of the molecule is COc1cnc2ccccc2c1CN1C(=O)[C@@H](NC(=O)[C@H](C)N(C)C(=O)OC(C)(C)C)C2(CCOCC2)Oc2ccccc21. The van der Waals surface area contributed by atoms with Gasteiger partial charge in [-0.15, -0.1) is 0 Å². The zero-order chi connectivity index (χ0) is 31.6. The van der Waals surface area contributed by atoms with E-state index in [0.717, 1.165) is 16.5 Å². The molecule has 11 heteroatoms. The van der Waals surface area contributed by atoms with Crippen molar-refractivity contribution in [3.8, 4) is 11.5 Å².